The third kappa shape index (κ3) is 4.58. The molecule has 182 valence electrons. The molecule has 4 heterocycles. The highest BCUT2D eigenvalue weighted by molar-refractivity contribution is 6.33. The van der Waals surface area contributed by atoms with Crippen molar-refractivity contribution in [2.45, 2.75) is 13.1 Å². The van der Waals surface area contributed by atoms with Crippen molar-refractivity contribution < 1.29 is 22.8 Å². The van der Waals surface area contributed by atoms with Crippen molar-refractivity contribution >= 4 is 47.0 Å². The topological polar surface area (TPSA) is 169 Å². The number of aryl methyl sites for hydroxylation is 1. The van der Waals surface area contributed by atoms with Gasteiger partial charge >= 0.3 is 6.18 Å². The van der Waals surface area contributed by atoms with Crippen LogP contribution in [0.5, 0.6) is 0 Å². The molecule has 16 heteroatoms. The van der Waals surface area contributed by atoms with Crippen molar-refractivity contribution in [3.05, 3.63) is 51.9 Å². The lowest BCUT2D eigenvalue weighted by atomic mass is 10.2. The molecule has 0 bridgehead atoms. The van der Waals surface area contributed by atoms with Gasteiger partial charge in [0, 0.05) is 6.21 Å². The number of anilines is 3. The number of carbonyl (C=O) groups is 2. The average Bonchev–Trinajstić information content (AvgIpc) is 3.45. The number of carbonyl (C=O) groups excluding carboxylic acids is 2. The molecule has 0 spiro atoms. The first-order chi connectivity index (χ1) is 16.5. The number of hydrazine groups is 1. The Morgan fingerprint density at radius 3 is 2.57 bits per heavy atom. The van der Waals surface area contributed by atoms with Crippen LogP contribution in [0, 0.1) is 6.92 Å². The number of pyridine rings is 2. The van der Waals surface area contributed by atoms with Crippen LogP contribution in [-0.2, 0) is 6.18 Å². The van der Waals surface area contributed by atoms with Gasteiger partial charge in [-0.3, -0.25) is 9.59 Å². The van der Waals surface area contributed by atoms with Crippen molar-refractivity contribution in [3.63, 3.8) is 0 Å². The Kier molecular flexibility index (Phi) is 6.04. The first-order valence-electron chi connectivity index (χ1n) is 9.74. The first kappa shape index (κ1) is 23.9. The summed E-state index contributed by atoms with van der Waals surface area (Å²) in [5, 5.41) is 11.5. The van der Waals surface area contributed by atoms with Gasteiger partial charge in [-0.05, 0) is 25.1 Å². The summed E-state index contributed by atoms with van der Waals surface area (Å²) in [4.78, 5) is 32.2. The van der Waals surface area contributed by atoms with Crippen LogP contribution in [0.25, 0.3) is 5.82 Å². The lowest BCUT2D eigenvalue weighted by molar-refractivity contribution is -0.143. The second kappa shape index (κ2) is 8.84. The molecule has 0 atom stereocenters. The van der Waals surface area contributed by atoms with Crippen LogP contribution in [0.2, 0.25) is 5.02 Å². The predicted octanol–water partition coefficient (Wildman–Crippen LogP) is 1.89. The summed E-state index contributed by atoms with van der Waals surface area (Å²) < 4.78 is 42.3. The molecule has 0 radical (unpaired) electrons. The molecule has 0 aromatic carbocycles. The Labute approximate surface area is 199 Å². The molecular weight excluding hydrogens is 493 g/mol. The summed E-state index contributed by atoms with van der Waals surface area (Å²) in [6, 6.07) is 3.52. The van der Waals surface area contributed by atoms with Crippen molar-refractivity contribution in [3.8, 4) is 5.82 Å². The third-order valence-corrected chi connectivity index (χ3v) is 5.08. The van der Waals surface area contributed by atoms with Crippen LogP contribution >= 0.6 is 11.6 Å². The molecule has 3 aromatic rings. The fourth-order valence-corrected chi connectivity index (χ4v) is 3.44. The number of nitrogens with one attached hydrogen (secondary N) is 2. The zero-order chi connectivity index (χ0) is 25.5. The van der Waals surface area contributed by atoms with E-state index in [1.165, 1.54) is 18.1 Å². The summed E-state index contributed by atoms with van der Waals surface area (Å²) in [5.74, 6) is -2.53. The quantitative estimate of drug-likeness (QED) is 0.405. The van der Waals surface area contributed by atoms with E-state index in [0.717, 1.165) is 18.3 Å². The van der Waals surface area contributed by atoms with Gasteiger partial charge < -0.3 is 16.8 Å². The van der Waals surface area contributed by atoms with Crippen LogP contribution in [0.15, 0.2) is 29.5 Å². The van der Waals surface area contributed by atoms with E-state index in [1.54, 1.807) is 6.21 Å². The van der Waals surface area contributed by atoms with Gasteiger partial charge in [-0.25, -0.2) is 20.1 Å². The number of amides is 2. The maximum absolute atomic E-state index is 14.0. The van der Waals surface area contributed by atoms with Gasteiger partial charge in [-0.15, -0.1) is 0 Å². The zero-order valence-electron chi connectivity index (χ0n) is 17.8. The molecule has 3 aromatic heterocycles. The van der Waals surface area contributed by atoms with E-state index >= 15 is 0 Å². The molecule has 0 saturated heterocycles. The minimum Gasteiger partial charge on any atom is -0.383 e. The highest BCUT2D eigenvalue weighted by atomic mass is 35.5. The van der Waals surface area contributed by atoms with Gasteiger partial charge in [-0.2, -0.15) is 28.5 Å². The van der Waals surface area contributed by atoms with Gasteiger partial charge in [0.1, 0.15) is 5.82 Å². The van der Waals surface area contributed by atoms with E-state index in [-0.39, 0.29) is 33.6 Å². The van der Waals surface area contributed by atoms with E-state index in [1.807, 2.05) is 0 Å². The number of hydrogen-bond acceptors (Lipinski definition) is 9. The minimum atomic E-state index is -5.00. The van der Waals surface area contributed by atoms with E-state index in [4.69, 9.17) is 23.1 Å². The molecule has 1 aliphatic rings. The third-order valence-electron chi connectivity index (χ3n) is 4.80. The first-order valence-corrected chi connectivity index (χ1v) is 10.1. The Balaban J connectivity index is 1.69. The number of rotatable bonds is 5. The van der Waals surface area contributed by atoms with E-state index < -0.39 is 35.1 Å². The maximum atomic E-state index is 14.0. The van der Waals surface area contributed by atoms with Crippen LogP contribution in [0.4, 0.5) is 30.5 Å². The molecule has 35 heavy (non-hydrogen) atoms. The lowest BCUT2D eigenvalue weighted by Crippen LogP contribution is -2.29. The molecule has 0 fully saturated rings. The normalized spacial score (nSPS) is 13.3. The van der Waals surface area contributed by atoms with Crippen LogP contribution < -0.4 is 27.3 Å². The van der Waals surface area contributed by atoms with Gasteiger partial charge in [0.2, 0.25) is 0 Å². The Bertz CT molecular complexity index is 1370. The molecule has 12 nitrogen and oxygen atoms in total. The number of halogens is 4. The highest BCUT2D eigenvalue weighted by Crippen LogP contribution is 2.35. The maximum Gasteiger partial charge on any atom is 0.434 e. The second-order valence-corrected chi connectivity index (χ2v) is 7.54. The SMILES string of the molecule is Cc1nc(N2N=CCN2)c(Cl)cc1NC(=O)c1cnn(-c2ccc(C(N)=O)c(N)n2)c1C(F)(F)F. The van der Waals surface area contributed by atoms with Crippen molar-refractivity contribution in [2.75, 3.05) is 22.7 Å². The van der Waals surface area contributed by atoms with E-state index in [9.17, 15) is 22.8 Å². The highest BCUT2D eigenvalue weighted by Gasteiger charge is 2.41. The largest absolute Gasteiger partial charge is 0.434 e. The smallest absolute Gasteiger partial charge is 0.383 e. The summed E-state index contributed by atoms with van der Waals surface area (Å²) in [6.45, 7) is 2.00. The molecule has 6 N–H and O–H groups in total. The molecule has 0 aliphatic carbocycles. The molecular formula is C19H16ClF3N10O2. The van der Waals surface area contributed by atoms with Crippen LogP contribution in [-0.4, -0.2) is 44.3 Å². The van der Waals surface area contributed by atoms with E-state index in [0.29, 0.717) is 11.2 Å². The van der Waals surface area contributed by atoms with Crippen molar-refractivity contribution in [1.29, 1.82) is 0 Å². The number of alkyl halides is 3. The van der Waals surface area contributed by atoms with Crippen molar-refractivity contribution in [1.82, 2.24) is 25.2 Å². The number of hydrogen-bond donors (Lipinski definition) is 4. The minimum absolute atomic E-state index is 0.0842. The number of hydrazone groups is 1. The standard InChI is InChI=1S/C19H16ClF3N10O2/c1-8-12(6-11(20)17(29-8)33-26-4-5-27-33)30-18(35)10-7-28-32(14(10)19(21,22)23)13-3-2-9(16(25)34)15(24)31-13/h2-4,6-7,27H,5H2,1H3,(H2,24,31)(H2,25,34)(H,30,35). The molecule has 4 rings (SSSR count). The zero-order valence-corrected chi connectivity index (χ0v) is 18.5. The Morgan fingerprint density at radius 2 is 1.97 bits per heavy atom. The number of primary amides is 1. The lowest BCUT2D eigenvalue weighted by Gasteiger charge is -2.17. The van der Waals surface area contributed by atoms with Gasteiger partial charge in [-0.1, -0.05) is 11.6 Å². The van der Waals surface area contributed by atoms with Gasteiger partial charge in [0.25, 0.3) is 11.8 Å². The number of nitrogens with two attached hydrogens (primary N) is 2. The van der Waals surface area contributed by atoms with Gasteiger partial charge in [0.15, 0.2) is 17.3 Å². The second-order valence-electron chi connectivity index (χ2n) is 7.14. The molecule has 0 unspecified atom stereocenters. The Morgan fingerprint density at radius 1 is 1.23 bits per heavy atom. The summed E-state index contributed by atoms with van der Waals surface area (Å²) in [7, 11) is 0. The van der Waals surface area contributed by atoms with Crippen molar-refractivity contribution in [2.24, 2.45) is 10.8 Å². The molecule has 0 saturated carbocycles. The predicted molar refractivity (Wildman–Crippen MR) is 120 cm³/mol. The average molecular weight is 509 g/mol. The number of nitrogen functional groups attached to an aromatic ring is 1. The molecule has 2 amide bonds. The summed E-state index contributed by atoms with van der Waals surface area (Å²) >= 11 is 6.23. The van der Waals surface area contributed by atoms with Gasteiger partial charge in [0.05, 0.1) is 40.3 Å². The fourth-order valence-electron chi connectivity index (χ4n) is 3.20. The summed E-state index contributed by atoms with van der Waals surface area (Å²) in [5.41, 5.74) is 11.6. The number of nitrogens with zero attached hydrogens (tertiary/aromatic N) is 6. The molecule has 1 aliphatic heterocycles. The van der Waals surface area contributed by atoms with Crippen LogP contribution in [0.3, 0.4) is 0 Å². The monoisotopic (exact) mass is 508 g/mol. The summed E-state index contributed by atoms with van der Waals surface area (Å²) in [6.07, 6.45) is -2.68. The Hall–Kier alpha value is -4.24. The van der Waals surface area contributed by atoms with Crippen LogP contribution in [0.1, 0.15) is 32.1 Å². The van der Waals surface area contributed by atoms with E-state index in [2.05, 4.69) is 30.9 Å². The number of aromatic nitrogens is 4. The fraction of sp³-hybridized carbons (Fsp3) is 0.158.